The Labute approximate surface area is 115 Å². The van der Waals surface area contributed by atoms with Gasteiger partial charge >= 0.3 is 5.69 Å². The zero-order valence-electron chi connectivity index (χ0n) is 10.7. The van der Waals surface area contributed by atoms with E-state index < -0.39 is 14.9 Å². The van der Waals surface area contributed by atoms with E-state index in [-0.39, 0.29) is 24.0 Å². The van der Waals surface area contributed by atoms with Crippen molar-refractivity contribution in [2.24, 2.45) is 5.84 Å². The number of nitrogens with two attached hydrogens (primary N) is 1. The molecule has 0 saturated carbocycles. The number of anilines is 2. The summed E-state index contributed by atoms with van der Waals surface area (Å²) in [4.78, 5) is 17.6. The number of rotatable bonds is 8. The van der Waals surface area contributed by atoms with E-state index in [1.54, 1.807) is 0 Å². The Balaban J connectivity index is 2.60. The maximum Gasteiger partial charge on any atom is 0.329 e. The molecular formula is C8H15N7O4S. The van der Waals surface area contributed by atoms with Gasteiger partial charge in [-0.1, -0.05) is 0 Å². The van der Waals surface area contributed by atoms with E-state index in [9.17, 15) is 18.5 Å². The molecule has 0 aliphatic heterocycles. The fraction of sp³-hybridized carbons (Fsp3) is 0.500. The molecule has 0 radical (unpaired) electrons. The molecule has 11 nitrogen and oxygen atoms in total. The van der Waals surface area contributed by atoms with Crippen LogP contribution in [-0.4, -0.2) is 42.7 Å². The molecule has 0 aromatic carbocycles. The molecular weight excluding hydrogens is 290 g/mol. The monoisotopic (exact) mass is 305 g/mol. The zero-order valence-corrected chi connectivity index (χ0v) is 11.5. The summed E-state index contributed by atoms with van der Waals surface area (Å²) in [6, 6.07) is 0. The molecule has 0 spiro atoms. The van der Waals surface area contributed by atoms with Crippen LogP contribution in [0.5, 0.6) is 0 Å². The number of nitro groups is 1. The first-order valence-corrected chi connectivity index (χ1v) is 7.39. The molecule has 0 aliphatic carbocycles. The average molecular weight is 305 g/mol. The van der Waals surface area contributed by atoms with E-state index in [0.717, 1.165) is 12.5 Å². The largest absolute Gasteiger partial charge is 0.364 e. The second-order valence-corrected chi connectivity index (χ2v) is 5.61. The van der Waals surface area contributed by atoms with Crippen LogP contribution < -0.4 is 21.3 Å². The van der Waals surface area contributed by atoms with Gasteiger partial charge in [-0.15, -0.1) is 0 Å². The van der Waals surface area contributed by atoms with Gasteiger partial charge in [-0.05, 0) is 6.42 Å². The normalized spacial score (nSPS) is 11.1. The maximum atomic E-state index is 10.8. The Morgan fingerprint density at radius 2 is 2.15 bits per heavy atom. The van der Waals surface area contributed by atoms with Crippen LogP contribution in [-0.2, 0) is 10.0 Å². The van der Waals surface area contributed by atoms with Gasteiger partial charge in [0.2, 0.25) is 21.8 Å². The lowest BCUT2D eigenvalue weighted by molar-refractivity contribution is -0.384. The number of hydrazine groups is 1. The molecule has 0 unspecified atom stereocenters. The lowest BCUT2D eigenvalue weighted by Gasteiger charge is -2.07. The van der Waals surface area contributed by atoms with E-state index in [1.165, 1.54) is 0 Å². The van der Waals surface area contributed by atoms with Crippen LogP contribution in [0.25, 0.3) is 0 Å². The van der Waals surface area contributed by atoms with Gasteiger partial charge < -0.3 is 5.32 Å². The molecule has 12 heteroatoms. The van der Waals surface area contributed by atoms with Gasteiger partial charge in [0.15, 0.2) is 0 Å². The molecule has 0 aliphatic rings. The third-order valence-electron chi connectivity index (χ3n) is 2.11. The summed E-state index contributed by atoms with van der Waals surface area (Å²) >= 11 is 0. The molecule has 0 saturated heterocycles. The van der Waals surface area contributed by atoms with E-state index in [2.05, 4.69) is 25.4 Å². The van der Waals surface area contributed by atoms with Gasteiger partial charge in [-0.2, -0.15) is 4.98 Å². The Bertz CT molecular complexity index is 576. The van der Waals surface area contributed by atoms with E-state index in [0.29, 0.717) is 13.0 Å². The van der Waals surface area contributed by atoms with Gasteiger partial charge in [0.05, 0.1) is 11.2 Å². The molecule has 0 bridgehead atoms. The standard InChI is InChI=1S/C8H15N7O4S/c1-20(18,19)12-4-2-3-10-7-6(15(16)17)5-11-8(13-7)14-9/h5,12H,2-4,9H2,1H3,(H2,10,11,13,14). The van der Waals surface area contributed by atoms with Crippen molar-refractivity contribution in [3.8, 4) is 0 Å². The number of hydrogen-bond acceptors (Lipinski definition) is 9. The van der Waals surface area contributed by atoms with Crippen molar-refractivity contribution >= 4 is 27.5 Å². The van der Waals surface area contributed by atoms with Gasteiger partial charge in [0, 0.05) is 13.1 Å². The number of aromatic nitrogens is 2. The highest BCUT2D eigenvalue weighted by Crippen LogP contribution is 2.21. The van der Waals surface area contributed by atoms with Crippen molar-refractivity contribution in [3.05, 3.63) is 16.3 Å². The van der Waals surface area contributed by atoms with Crippen molar-refractivity contribution in [2.75, 3.05) is 30.1 Å². The summed E-state index contributed by atoms with van der Waals surface area (Å²) in [5.41, 5.74) is 1.89. The van der Waals surface area contributed by atoms with Crippen LogP contribution in [0.2, 0.25) is 0 Å². The number of sulfonamides is 1. The first-order valence-electron chi connectivity index (χ1n) is 5.50. The van der Waals surface area contributed by atoms with Gasteiger partial charge in [-0.25, -0.2) is 24.0 Å². The predicted molar refractivity (Wildman–Crippen MR) is 72.4 cm³/mol. The van der Waals surface area contributed by atoms with Gasteiger partial charge in [-0.3, -0.25) is 15.5 Å². The fourth-order valence-electron chi connectivity index (χ4n) is 1.26. The summed E-state index contributed by atoms with van der Waals surface area (Å²) in [5, 5.41) is 13.5. The minimum Gasteiger partial charge on any atom is -0.364 e. The minimum absolute atomic E-state index is 0.0114. The third kappa shape index (κ3) is 5.29. The van der Waals surface area contributed by atoms with Crippen molar-refractivity contribution in [2.45, 2.75) is 6.42 Å². The smallest absolute Gasteiger partial charge is 0.329 e. The van der Waals surface area contributed by atoms with Crippen molar-refractivity contribution < 1.29 is 13.3 Å². The van der Waals surface area contributed by atoms with Crippen LogP contribution >= 0.6 is 0 Å². The Hall–Kier alpha value is -2.05. The molecule has 1 aromatic rings. The summed E-state index contributed by atoms with van der Waals surface area (Å²) in [5.74, 6) is 5.17. The molecule has 1 heterocycles. The van der Waals surface area contributed by atoms with Crippen LogP contribution in [0.3, 0.4) is 0 Å². The summed E-state index contributed by atoms with van der Waals surface area (Å²) in [6.45, 7) is 0.511. The highest BCUT2D eigenvalue weighted by molar-refractivity contribution is 7.88. The molecule has 20 heavy (non-hydrogen) atoms. The van der Waals surface area contributed by atoms with Crippen molar-refractivity contribution in [1.82, 2.24) is 14.7 Å². The van der Waals surface area contributed by atoms with Crippen LogP contribution in [0.15, 0.2) is 6.20 Å². The number of nitrogens with zero attached hydrogens (tertiary/aromatic N) is 3. The molecule has 0 atom stereocenters. The first kappa shape index (κ1) is 16.0. The van der Waals surface area contributed by atoms with Crippen molar-refractivity contribution in [1.29, 1.82) is 0 Å². The highest BCUT2D eigenvalue weighted by atomic mass is 32.2. The van der Waals surface area contributed by atoms with E-state index in [1.807, 2.05) is 0 Å². The van der Waals surface area contributed by atoms with Gasteiger partial charge in [0.1, 0.15) is 6.20 Å². The molecule has 1 rings (SSSR count). The highest BCUT2D eigenvalue weighted by Gasteiger charge is 2.16. The second-order valence-electron chi connectivity index (χ2n) is 3.78. The average Bonchev–Trinajstić information content (AvgIpc) is 2.36. The quantitative estimate of drug-likeness (QED) is 0.204. The predicted octanol–water partition coefficient (Wildman–Crippen LogP) is -0.978. The molecule has 0 amide bonds. The van der Waals surface area contributed by atoms with Gasteiger partial charge in [0.25, 0.3) is 0 Å². The summed E-state index contributed by atoms with van der Waals surface area (Å²) in [6.07, 6.45) is 2.51. The van der Waals surface area contributed by atoms with E-state index in [4.69, 9.17) is 5.84 Å². The van der Waals surface area contributed by atoms with Crippen LogP contribution in [0, 0.1) is 10.1 Å². The van der Waals surface area contributed by atoms with Crippen molar-refractivity contribution in [3.63, 3.8) is 0 Å². The number of nitrogens with one attached hydrogen (secondary N) is 3. The number of nitrogen functional groups attached to an aromatic ring is 1. The minimum atomic E-state index is -3.24. The molecule has 0 fully saturated rings. The fourth-order valence-corrected chi connectivity index (χ4v) is 1.78. The Kier molecular flexibility index (Phi) is 5.54. The maximum absolute atomic E-state index is 10.8. The third-order valence-corrected chi connectivity index (χ3v) is 2.83. The SMILES string of the molecule is CS(=O)(=O)NCCCNc1nc(NN)ncc1[N+](=O)[O-]. The second kappa shape index (κ2) is 6.93. The Morgan fingerprint density at radius 1 is 1.45 bits per heavy atom. The zero-order chi connectivity index (χ0) is 15.2. The first-order chi connectivity index (χ1) is 9.33. The van der Waals surface area contributed by atoms with Crippen LogP contribution in [0.1, 0.15) is 6.42 Å². The van der Waals surface area contributed by atoms with E-state index >= 15 is 0 Å². The topological polar surface area (TPSA) is 165 Å². The lowest BCUT2D eigenvalue weighted by atomic mass is 10.4. The summed E-state index contributed by atoms with van der Waals surface area (Å²) < 4.78 is 24.0. The summed E-state index contributed by atoms with van der Waals surface area (Å²) in [7, 11) is -3.24. The molecule has 112 valence electrons. The lowest BCUT2D eigenvalue weighted by Crippen LogP contribution is -2.24. The number of hydrogen-bond donors (Lipinski definition) is 4. The Morgan fingerprint density at radius 3 is 2.70 bits per heavy atom. The van der Waals surface area contributed by atoms with Crippen LogP contribution in [0.4, 0.5) is 17.5 Å². The molecule has 5 N–H and O–H groups in total. The molecule has 1 aromatic heterocycles.